The fourth-order valence-corrected chi connectivity index (χ4v) is 4.23. The molecule has 3 heterocycles. The van der Waals surface area contributed by atoms with Crippen LogP contribution in [0.25, 0.3) is 0 Å². The van der Waals surface area contributed by atoms with Gasteiger partial charge >= 0.3 is 0 Å². The van der Waals surface area contributed by atoms with Gasteiger partial charge in [0.05, 0.1) is 18.9 Å². The van der Waals surface area contributed by atoms with Crippen LogP contribution in [-0.4, -0.2) is 74.3 Å². The second kappa shape index (κ2) is 9.39. The molecule has 1 aromatic rings. The van der Waals surface area contributed by atoms with Gasteiger partial charge < -0.3 is 19.4 Å². The topological polar surface area (TPSA) is 61.8 Å². The quantitative estimate of drug-likeness (QED) is 0.708. The number of carbonyl (C=O) groups is 1. The van der Waals surface area contributed by atoms with E-state index in [-0.39, 0.29) is 0 Å². The van der Waals surface area contributed by atoms with Crippen LogP contribution in [0.1, 0.15) is 30.5 Å². The van der Waals surface area contributed by atoms with E-state index in [9.17, 15) is 4.79 Å². The minimum absolute atomic E-state index is 0.715. The highest BCUT2D eigenvalue weighted by Crippen LogP contribution is 2.28. The van der Waals surface area contributed by atoms with Gasteiger partial charge in [-0.3, -0.25) is 4.79 Å². The molecule has 1 aromatic heterocycles. The zero-order valence-corrected chi connectivity index (χ0v) is 17.3. The third-order valence-electron chi connectivity index (χ3n) is 5.86. The number of morpholine rings is 1. The van der Waals surface area contributed by atoms with Gasteiger partial charge in [-0.05, 0) is 31.3 Å². The maximum absolute atomic E-state index is 11.3. The molecular weight excluding hydrogens is 366 g/mol. The smallest absolute Gasteiger partial charge is 0.227 e. The molecule has 1 aliphatic carbocycles. The van der Waals surface area contributed by atoms with Crippen molar-refractivity contribution in [3.8, 4) is 0 Å². The number of aromatic nitrogens is 2. The van der Waals surface area contributed by atoms with E-state index in [0.717, 1.165) is 95.4 Å². The Balaban J connectivity index is 1.65. The Morgan fingerprint density at radius 3 is 2.76 bits per heavy atom. The molecule has 0 atom stereocenters. The molecule has 1 amide bonds. The van der Waals surface area contributed by atoms with Crippen molar-refractivity contribution in [3.05, 3.63) is 35.1 Å². The molecule has 156 valence electrons. The van der Waals surface area contributed by atoms with E-state index in [1.807, 2.05) is 4.90 Å². The summed E-state index contributed by atoms with van der Waals surface area (Å²) in [5.41, 5.74) is 3.66. The SMILES string of the molecule is CN(CC1=CCCC=C1)c1nc2c(c(N3CCOCC3)n1)CCCN(C=O)CC2. The lowest BCUT2D eigenvalue weighted by Gasteiger charge is -2.32. The second-order valence-electron chi connectivity index (χ2n) is 7.98. The Morgan fingerprint density at radius 2 is 2.00 bits per heavy atom. The Hall–Kier alpha value is -2.41. The van der Waals surface area contributed by atoms with Crippen LogP contribution in [0.2, 0.25) is 0 Å². The predicted octanol–water partition coefficient (Wildman–Crippen LogP) is 1.97. The maximum Gasteiger partial charge on any atom is 0.227 e. The Labute approximate surface area is 173 Å². The first-order chi connectivity index (χ1) is 14.2. The zero-order valence-electron chi connectivity index (χ0n) is 17.3. The number of likely N-dealkylation sites (N-methyl/N-ethyl adjacent to an activating group) is 1. The van der Waals surface area contributed by atoms with E-state index < -0.39 is 0 Å². The number of anilines is 2. The van der Waals surface area contributed by atoms with E-state index in [4.69, 9.17) is 14.7 Å². The average Bonchev–Trinajstić information content (AvgIpc) is 2.75. The Kier molecular flexibility index (Phi) is 6.44. The van der Waals surface area contributed by atoms with Gasteiger partial charge in [0.1, 0.15) is 5.82 Å². The highest BCUT2D eigenvalue weighted by atomic mass is 16.5. The number of rotatable bonds is 5. The molecule has 0 N–H and O–H groups in total. The van der Waals surface area contributed by atoms with Gasteiger partial charge in [-0.25, -0.2) is 4.98 Å². The van der Waals surface area contributed by atoms with Gasteiger partial charge in [-0.1, -0.05) is 18.2 Å². The minimum Gasteiger partial charge on any atom is -0.378 e. The van der Waals surface area contributed by atoms with Gasteiger partial charge in [-0.2, -0.15) is 4.98 Å². The third kappa shape index (κ3) is 4.78. The third-order valence-corrected chi connectivity index (χ3v) is 5.86. The molecule has 1 fully saturated rings. The number of ether oxygens (including phenoxy) is 1. The average molecular weight is 398 g/mol. The van der Waals surface area contributed by atoms with E-state index in [0.29, 0.717) is 6.54 Å². The maximum atomic E-state index is 11.3. The van der Waals surface area contributed by atoms with Crippen molar-refractivity contribution < 1.29 is 9.53 Å². The standard InChI is InChI=1S/C22H31N5O2/c1-25(16-18-6-3-2-4-7-18)22-23-20-9-11-26(17-28)10-5-8-19(20)21(24-22)27-12-14-29-15-13-27/h3,6-7,17H,2,4-5,8-16H2,1H3. The lowest BCUT2D eigenvalue weighted by Crippen LogP contribution is -2.39. The Bertz CT molecular complexity index is 786. The number of hydrogen-bond donors (Lipinski definition) is 0. The highest BCUT2D eigenvalue weighted by Gasteiger charge is 2.24. The number of amides is 1. The number of hydrogen-bond acceptors (Lipinski definition) is 6. The summed E-state index contributed by atoms with van der Waals surface area (Å²) in [5, 5.41) is 0. The van der Waals surface area contributed by atoms with Crippen molar-refractivity contribution in [1.82, 2.24) is 14.9 Å². The van der Waals surface area contributed by atoms with E-state index in [1.165, 1.54) is 11.1 Å². The molecule has 0 unspecified atom stereocenters. The molecule has 0 aromatic carbocycles. The fraction of sp³-hybridized carbons (Fsp3) is 0.591. The normalized spacial score (nSPS) is 19.8. The van der Waals surface area contributed by atoms with Crippen molar-refractivity contribution in [2.45, 2.75) is 32.1 Å². The second-order valence-corrected chi connectivity index (χ2v) is 7.98. The van der Waals surface area contributed by atoms with Crippen molar-refractivity contribution >= 4 is 18.2 Å². The van der Waals surface area contributed by atoms with Crippen LogP contribution in [0.4, 0.5) is 11.8 Å². The van der Waals surface area contributed by atoms with Crippen molar-refractivity contribution in [2.24, 2.45) is 0 Å². The lowest BCUT2D eigenvalue weighted by atomic mass is 10.0. The fourth-order valence-electron chi connectivity index (χ4n) is 4.23. The molecule has 0 saturated carbocycles. The summed E-state index contributed by atoms with van der Waals surface area (Å²) in [6, 6.07) is 0. The van der Waals surface area contributed by atoms with Crippen LogP contribution in [0.5, 0.6) is 0 Å². The molecule has 0 spiro atoms. The van der Waals surface area contributed by atoms with Gasteiger partial charge in [0, 0.05) is 51.8 Å². The zero-order chi connectivity index (χ0) is 20.1. The van der Waals surface area contributed by atoms with Crippen LogP contribution < -0.4 is 9.80 Å². The van der Waals surface area contributed by atoms with E-state index in [1.54, 1.807) is 0 Å². The number of allylic oxidation sites excluding steroid dienone is 2. The van der Waals surface area contributed by atoms with Gasteiger partial charge in [-0.15, -0.1) is 0 Å². The Morgan fingerprint density at radius 1 is 1.14 bits per heavy atom. The molecule has 1 saturated heterocycles. The molecule has 7 heteroatoms. The molecule has 0 radical (unpaired) electrons. The molecular formula is C22H31N5O2. The summed E-state index contributed by atoms with van der Waals surface area (Å²) in [7, 11) is 2.06. The van der Waals surface area contributed by atoms with Gasteiger partial charge in [0.15, 0.2) is 0 Å². The van der Waals surface area contributed by atoms with Crippen molar-refractivity contribution in [3.63, 3.8) is 0 Å². The van der Waals surface area contributed by atoms with Crippen LogP contribution in [0, 0.1) is 0 Å². The first-order valence-electron chi connectivity index (χ1n) is 10.7. The van der Waals surface area contributed by atoms with Crippen LogP contribution in [0.3, 0.4) is 0 Å². The van der Waals surface area contributed by atoms with E-state index >= 15 is 0 Å². The number of nitrogens with zero attached hydrogens (tertiary/aromatic N) is 5. The predicted molar refractivity (Wildman–Crippen MR) is 114 cm³/mol. The van der Waals surface area contributed by atoms with Gasteiger partial charge in [0.25, 0.3) is 0 Å². The van der Waals surface area contributed by atoms with Crippen molar-refractivity contribution in [2.75, 3.05) is 62.8 Å². The van der Waals surface area contributed by atoms with Crippen LogP contribution in [-0.2, 0) is 22.4 Å². The summed E-state index contributed by atoms with van der Waals surface area (Å²) >= 11 is 0. The summed E-state index contributed by atoms with van der Waals surface area (Å²) in [6.45, 7) is 5.52. The molecule has 2 aliphatic heterocycles. The van der Waals surface area contributed by atoms with Crippen LogP contribution in [0.15, 0.2) is 23.8 Å². The summed E-state index contributed by atoms with van der Waals surface area (Å²) in [4.78, 5) is 27.7. The largest absolute Gasteiger partial charge is 0.378 e. The first-order valence-corrected chi connectivity index (χ1v) is 10.7. The molecule has 4 rings (SSSR count). The van der Waals surface area contributed by atoms with Crippen LogP contribution >= 0.6 is 0 Å². The monoisotopic (exact) mass is 397 g/mol. The molecule has 3 aliphatic rings. The van der Waals surface area contributed by atoms with Crippen molar-refractivity contribution in [1.29, 1.82) is 0 Å². The summed E-state index contributed by atoms with van der Waals surface area (Å²) in [6.07, 6.45) is 12.6. The summed E-state index contributed by atoms with van der Waals surface area (Å²) in [5.74, 6) is 1.83. The molecule has 0 bridgehead atoms. The molecule has 29 heavy (non-hydrogen) atoms. The molecule has 7 nitrogen and oxygen atoms in total. The number of carbonyl (C=O) groups excluding carboxylic acids is 1. The van der Waals surface area contributed by atoms with Gasteiger partial charge in [0.2, 0.25) is 12.4 Å². The number of fused-ring (bicyclic) bond motifs is 1. The summed E-state index contributed by atoms with van der Waals surface area (Å²) < 4.78 is 5.56. The first kappa shape index (κ1) is 19.9. The highest BCUT2D eigenvalue weighted by molar-refractivity contribution is 5.55. The minimum atomic E-state index is 0.715. The lowest BCUT2D eigenvalue weighted by molar-refractivity contribution is -0.118. The van der Waals surface area contributed by atoms with E-state index in [2.05, 4.69) is 35.1 Å².